The molecule has 0 bridgehead atoms. The molecular weight excluding hydrogens is 607 g/mol. The van der Waals surface area contributed by atoms with Crippen LogP contribution in [0.3, 0.4) is 0 Å². The first kappa shape index (κ1) is 29.2. The van der Waals surface area contributed by atoms with Gasteiger partial charge < -0.3 is 10.1 Å². The zero-order chi connectivity index (χ0) is 24.3. The number of nitrogens with zero attached hydrogens (tertiary/aromatic N) is 1. The Kier molecular flexibility index (Phi) is 10.2. The summed E-state index contributed by atoms with van der Waals surface area (Å²) in [5, 5.41) is 12.9. The number of aliphatic hydroxyl groups excluding tert-OH is 1. The van der Waals surface area contributed by atoms with E-state index >= 15 is 0 Å². The molecular formula is C28H36IrNO2S-. The molecule has 3 nitrogen and oxygen atoms in total. The van der Waals surface area contributed by atoms with Crippen LogP contribution in [0.2, 0.25) is 0 Å². The van der Waals surface area contributed by atoms with Crippen LogP contribution in [-0.4, -0.2) is 15.9 Å². The number of thiophene rings is 1. The smallest absolute Gasteiger partial charge is 0.164 e. The van der Waals surface area contributed by atoms with Gasteiger partial charge in [-0.05, 0) is 28.4 Å². The average molecular weight is 643 g/mol. The molecule has 3 aromatic rings. The maximum Gasteiger partial charge on any atom is 0.164 e. The minimum absolute atomic E-state index is 0. The quantitative estimate of drug-likeness (QED) is 0.178. The number of hydrogen-bond donors (Lipinski definition) is 1. The molecule has 0 saturated heterocycles. The SMILES string of the molecule is CC(C)(C)C(=O)/C=C(\O)C(C)(C)C.Cc1[c-]c(-c2cc3ccsc3cn2)cc(C(C)C)c1.[Ir]. The fourth-order valence-electron chi connectivity index (χ4n) is 2.79. The number of hydrogen-bond acceptors (Lipinski definition) is 4. The van der Waals surface area contributed by atoms with Crippen LogP contribution in [0.5, 0.6) is 0 Å². The first-order valence-corrected chi connectivity index (χ1v) is 11.9. The minimum atomic E-state index is -0.417. The number of rotatable bonds is 3. The molecule has 3 rings (SSSR count). The van der Waals surface area contributed by atoms with E-state index in [0.717, 1.165) is 11.3 Å². The Morgan fingerprint density at radius 3 is 2.27 bits per heavy atom. The molecule has 2 aromatic heterocycles. The van der Waals surface area contributed by atoms with Crippen molar-refractivity contribution < 1.29 is 30.0 Å². The fraction of sp³-hybridized carbons (Fsp3) is 0.429. The second-order valence-electron chi connectivity index (χ2n) is 10.6. The number of pyridine rings is 1. The van der Waals surface area contributed by atoms with Gasteiger partial charge in [0.25, 0.3) is 0 Å². The molecule has 0 aliphatic rings. The predicted octanol–water partition coefficient (Wildman–Crippen LogP) is 8.28. The van der Waals surface area contributed by atoms with E-state index in [-0.39, 0.29) is 37.1 Å². The third-order valence-corrected chi connectivity index (χ3v) is 5.95. The van der Waals surface area contributed by atoms with Crippen molar-refractivity contribution in [2.24, 2.45) is 10.8 Å². The topological polar surface area (TPSA) is 50.2 Å². The number of carbonyl (C=O) groups excluding carboxylic acids is 1. The second kappa shape index (κ2) is 11.6. The normalized spacial score (nSPS) is 12.2. The number of allylic oxidation sites excluding steroid dienone is 2. The molecule has 0 saturated carbocycles. The van der Waals surface area contributed by atoms with Gasteiger partial charge in [0.15, 0.2) is 5.78 Å². The number of aliphatic hydroxyl groups is 1. The first-order chi connectivity index (χ1) is 14.7. The summed E-state index contributed by atoms with van der Waals surface area (Å²) in [5.41, 5.74) is 3.86. The molecule has 0 aliphatic carbocycles. The van der Waals surface area contributed by atoms with Gasteiger partial charge >= 0.3 is 0 Å². The first-order valence-electron chi connectivity index (χ1n) is 11.0. The number of carbonyl (C=O) groups is 1. The molecule has 0 spiro atoms. The monoisotopic (exact) mass is 643 g/mol. The van der Waals surface area contributed by atoms with Gasteiger partial charge in [-0.3, -0.25) is 4.79 Å². The molecule has 1 radical (unpaired) electrons. The van der Waals surface area contributed by atoms with E-state index < -0.39 is 5.41 Å². The zero-order valence-corrected chi connectivity index (χ0v) is 24.4. The summed E-state index contributed by atoms with van der Waals surface area (Å²) in [7, 11) is 0. The molecule has 0 aliphatic heterocycles. The molecule has 181 valence electrons. The van der Waals surface area contributed by atoms with Crippen molar-refractivity contribution in [3.05, 3.63) is 64.9 Å². The molecule has 0 fully saturated rings. The van der Waals surface area contributed by atoms with E-state index in [9.17, 15) is 9.90 Å². The molecule has 0 unspecified atom stereocenters. The summed E-state index contributed by atoms with van der Waals surface area (Å²) >= 11 is 1.73. The van der Waals surface area contributed by atoms with Crippen molar-refractivity contribution in [1.82, 2.24) is 4.98 Å². The van der Waals surface area contributed by atoms with Crippen LogP contribution in [0.15, 0.2) is 47.7 Å². The van der Waals surface area contributed by atoms with Gasteiger partial charge in [0, 0.05) is 43.2 Å². The number of aromatic nitrogens is 1. The van der Waals surface area contributed by atoms with Crippen LogP contribution in [0, 0.1) is 23.8 Å². The fourth-order valence-corrected chi connectivity index (χ4v) is 3.52. The zero-order valence-electron chi connectivity index (χ0n) is 21.2. The van der Waals surface area contributed by atoms with Crippen LogP contribution in [0.4, 0.5) is 0 Å². The second-order valence-corrected chi connectivity index (χ2v) is 11.5. The molecule has 1 aromatic carbocycles. The summed E-state index contributed by atoms with van der Waals surface area (Å²) < 4.78 is 1.24. The van der Waals surface area contributed by atoms with Crippen LogP contribution in [0.25, 0.3) is 21.3 Å². The van der Waals surface area contributed by atoms with Gasteiger partial charge in [0.05, 0.1) is 4.70 Å². The third kappa shape index (κ3) is 8.48. The van der Waals surface area contributed by atoms with Crippen molar-refractivity contribution in [2.45, 2.75) is 68.2 Å². The van der Waals surface area contributed by atoms with Crippen molar-refractivity contribution in [1.29, 1.82) is 0 Å². The third-order valence-electron chi connectivity index (χ3n) is 5.08. The molecule has 0 atom stereocenters. The van der Waals surface area contributed by atoms with Crippen LogP contribution < -0.4 is 0 Å². The van der Waals surface area contributed by atoms with Gasteiger partial charge in [0.2, 0.25) is 0 Å². The summed E-state index contributed by atoms with van der Waals surface area (Å²) in [6.45, 7) is 17.6. The Morgan fingerprint density at radius 1 is 1.09 bits per heavy atom. The standard InChI is InChI=1S/C17H16NS.C11H20O2.Ir/c1-11(2)14-6-12(3)7-15(8-14)16-9-13-4-5-19-17(13)10-18-16;1-10(2,3)8(12)7-9(13)11(4,5)6;/h4-6,8-11H,1-3H3;7,12H,1-6H3;/q-1;;/b;8-7-;. The van der Waals surface area contributed by atoms with E-state index in [4.69, 9.17) is 0 Å². The minimum Gasteiger partial charge on any atom is -0.512 e. The van der Waals surface area contributed by atoms with E-state index in [1.165, 1.54) is 27.3 Å². The van der Waals surface area contributed by atoms with Crippen molar-refractivity contribution >= 4 is 27.2 Å². The van der Waals surface area contributed by atoms with Crippen LogP contribution in [0.1, 0.15) is 72.4 Å². The van der Waals surface area contributed by atoms with E-state index in [1.807, 2.05) is 47.7 Å². The molecule has 1 N–H and O–H groups in total. The summed E-state index contributed by atoms with van der Waals surface area (Å²) in [6, 6.07) is 12.1. The largest absolute Gasteiger partial charge is 0.512 e. The molecule has 0 amide bonds. The van der Waals surface area contributed by atoms with Crippen LogP contribution in [-0.2, 0) is 24.9 Å². The summed E-state index contributed by atoms with van der Waals surface area (Å²) in [6.07, 6.45) is 3.29. The van der Waals surface area contributed by atoms with E-state index in [1.54, 1.807) is 11.3 Å². The van der Waals surface area contributed by atoms with Gasteiger partial charge in [0.1, 0.15) is 5.76 Å². The van der Waals surface area contributed by atoms with Gasteiger partial charge in [-0.2, -0.15) is 0 Å². The molecule has 2 heterocycles. The number of ketones is 1. The van der Waals surface area contributed by atoms with E-state index in [2.05, 4.69) is 61.5 Å². The Balaban J connectivity index is 0.000000346. The number of aryl methyl sites for hydroxylation is 1. The van der Waals surface area contributed by atoms with Crippen LogP contribution >= 0.6 is 11.3 Å². The maximum atomic E-state index is 11.5. The molecule has 5 heteroatoms. The van der Waals surface area contributed by atoms with Gasteiger partial charge in [-0.1, -0.05) is 68.4 Å². The van der Waals surface area contributed by atoms with Crippen molar-refractivity contribution in [2.75, 3.05) is 0 Å². The summed E-state index contributed by atoms with van der Waals surface area (Å²) in [4.78, 5) is 16.1. The number of benzene rings is 1. The Bertz CT molecular complexity index is 1110. The Morgan fingerprint density at radius 2 is 1.73 bits per heavy atom. The Labute approximate surface area is 216 Å². The van der Waals surface area contributed by atoms with E-state index in [0.29, 0.717) is 5.92 Å². The van der Waals surface area contributed by atoms with Gasteiger partial charge in [-0.25, -0.2) is 0 Å². The maximum absolute atomic E-state index is 11.5. The molecule has 33 heavy (non-hydrogen) atoms. The predicted molar refractivity (Wildman–Crippen MR) is 137 cm³/mol. The van der Waals surface area contributed by atoms with Gasteiger partial charge in [-0.15, -0.1) is 46.2 Å². The average Bonchev–Trinajstić information content (AvgIpc) is 3.14. The summed E-state index contributed by atoms with van der Waals surface area (Å²) in [5.74, 6) is 0.629. The van der Waals surface area contributed by atoms with Crippen molar-refractivity contribution in [3.63, 3.8) is 0 Å². The van der Waals surface area contributed by atoms with Crippen molar-refractivity contribution in [3.8, 4) is 11.3 Å². The number of fused-ring (bicyclic) bond motifs is 1. The Hall–Kier alpha value is -1.81.